The van der Waals surface area contributed by atoms with Gasteiger partial charge in [0.25, 0.3) is 0 Å². The number of benzene rings is 1. The minimum absolute atomic E-state index is 0.250. The van der Waals surface area contributed by atoms with Crippen molar-refractivity contribution in [3.8, 4) is 5.75 Å². The maximum atomic E-state index is 5.88. The van der Waals surface area contributed by atoms with Gasteiger partial charge in [-0.25, -0.2) is 9.67 Å². The second-order valence-electron chi connectivity index (χ2n) is 4.33. The number of rotatable bonds is 6. The summed E-state index contributed by atoms with van der Waals surface area (Å²) in [5.74, 6) is 1.73. The summed E-state index contributed by atoms with van der Waals surface area (Å²) in [6, 6.07) is 8.30. The number of hydrogen-bond acceptors (Lipinski definition) is 4. The summed E-state index contributed by atoms with van der Waals surface area (Å²) in [6.45, 7) is 5.38. The van der Waals surface area contributed by atoms with Crippen molar-refractivity contribution in [1.29, 1.82) is 0 Å². The van der Waals surface area contributed by atoms with Gasteiger partial charge in [0.1, 0.15) is 18.7 Å². The van der Waals surface area contributed by atoms with Crippen molar-refractivity contribution in [2.45, 2.75) is 33.0 Å². The van der Waals surface area contributed by atoms with E-state index < -0.39 is 0 Å². The third kappa shape index (κ3) is 3.12. The first-order valence-electron chi connectivity index (χ1n) is 6.52. The Balaban J connectivity index is 2.11. The van der Waals surface area contributed by atoms with Gasteiger partial charge in [-0.15, -0.1) is 0 Å². The Morgan fingerprint density at radius 2 is 2.16 bits per heavy atom. The average Bonchev–Trinajstić information content (AvgIpc) is 2.92. The lowest BCUT2D eigenvalue weighted by Gasteiger charge is -2.16. The monoisotopic (exact) mass is 260 g/mol. The lowest BCUT2D eigenvalue weighted by Crippen LogP contribution is -2.14. The number of nitrogens with zero attached hydrogens (tertiary/aromatic N) is 3. The molecule has 2 aromatic rings. The van der Waals surface area contributed by atoms with E-state index in [0.29, 0.717) is 6.61 Å². The summed E-state index contributed by atoms with van der Waals surface area (Å²) in [6.07, 6.45) is 1.56. The van der Waals surface area contributed by atoms with Gasteiger partial charge in [0, 0.05) is 18.2 Å². The van der Waals surface area contributed by atoms with Crippen LogP contribution in [-0.2, 0) is 13.2 Å². The van der Waals surface area contributed by atoms with Crippen LogP contribution in [0.5, 0.6) is 5.75 Å². The number of aryl methyl sites for hydroxylation is 1. The van der Waals surface area contributed by atoms with E-state index >= 15 is 0 Å². The smallest absolute Gasteiger partial charge is 0.164 e. The Kier molecular flexibility index (Phi) is 4.52. The Morgan fingerprint density at radius 3 is 2.89 bits per heavy atom. The third-order valence-electron chi connectivity index (χ3n) is 3.17. The second kappa shape index (κ2) is 6.33. The molecule has 1 unspecified atom stereocenters. The first-order chi connectivity index (χ1) is 9.26. The summed E-state index contributed by atoms with van der Waals surface area (Å²) in [5, 5.41) is 7.36. The Hall–Kier alpha value is -1.88. The van der Waals surface area contributed by atoms with Gasteiger partial charge in [0.2, 0.25) is 0 Å². The van der Waals surface area contributed by atoms with E-state index in [4.69, 9.17) is 4.74 Å². The molecular formula is C14H20N4O. The lowest BCUT2D eigenvalue weighted by molar-refractivity contribution is 0.282. The van der Waals surface area contributed by atoms with Crippen molar-refractivity contribution in [3.05, 3.63) is 42.0 Å². The molecule has 1 N–H and O–H groups in total. The number of hydrogen-bond donors (Lipinski definition) is 1. The van der Waals surface area contributed by atoms with Crippen molar-refractivity contribution in [1.82, 2.24) is 20.1 Å². The van der Waals surface area contributed by atoms with Gasteiger partial charge in [-0.05, 0) is 27.0 Å². The minimum atomic E-state index is 0.250. The van der Waals surface area contributed by atoms with Gasteiger partial charge in [-0.1, -0.05) is 18.2 Å². The fraction of sp³-hybridized carbons (Fsp3) is 0.429. The van der Waals surface area contributed by atoms with Crippen LogP contribution in [0.15, 0.2) is 30.6 Å². The molecule has 0 bridgehead atoms. The molecule has 0 aliphatic rings. The lowest BCUT2D eigenvalue weighted by atomic mass is 10.1. The maximum absolute atomic E-state index is 5.88. The zero-order valence-electron chi connectivity index (χ0n) is 11.6. The van der Waals surface area contributed by atoms with E-state index in [0.717, 1.165) is 23.7 Å². The second-order valence-corrected chi connectivity index (χ2v) is 4.33. The van der Waals surface area contributed by atoms with Gasteiger partial charge < -0.3 is 10.1 Å². The highest BCUT2D eigenvalue weighted by molar-refractivity contribution is 5.35. The number of ether oxygens (including phenoxy) is 1. The van der Waals surface area contributed by atoms with Gasteiger partial charge in [-0.2, -0.15) is 5.10 Å². The summed E-state index contributed by atoms with van der Waals surface area (Å²) in [7, 11) is 1.94. The molecule has 5 nitrogen and oxygen atoms in total. The molecule has 0 radical (unpaired) electrons. The largest absolute Gasteiger partial charge is 0.485 e. The highest BCUT2D eigenvalue weighted by atomic mass is 16.5. The predicted octanol–water partition coefficient (Wildman–Crippen LogP) is 2.16. The average molecular weight is 260 g/mol. The molecule has 0 saturated carbocycles. The van der Waals surface area contributed by atoms with Crippen LogP contribution in [0, 0.1) is 0 Å². The van der Waals surface area contributed by atoms with Gasteiger partial charge in [0.05, 0.1) is 0 Å². The Labute approximate surface area is 113 Å². The molecular weight excluding hydrogens is 240 g/mol. The van der Waals surface area contributed by atoms with E-state index in [1.807, 2.05) is 36.9 Å². The van der Waals surface area contributed by atoms with Crippen LogP contribution in [0.4, 0.5) is 0 Å². The molecule has 1 aromatic heterocycles. The number of para-hydroxylation sites is 1. The molecule has 2 rings (SSSR count). The molecule has 0 fully saturated rings. The Bertz CT molecular complexity index is 524. The first-order valence-corrected chi connectivity index (χ1v) is 6.52. The van der Waals surface area contributed by atoms with Crippen molar-refractivity contribution < 1.29 is 4.74 Å². The van der Waals surface area contributed by atoms with Crippen LogP contribution < -0.4 is 10.1 Å². The molecule has 0 spiro atoms. The summed E-state index contributed by atoms with van der Waals surface area (Å²) >= 11 is 0. The quantitative estimate of drug-likeness (QED) is 0.864. The van der Waals surface area contributed by atoms with E-state index in [9.17, 15) is 0 Å². The highest BCUT2D eigenvalue weighted by Gasteiger charge is 2.10. The van der Waals surface area contributed by atoms with Crippen molar-refractivity contribution in [2.24, 2.45) is 0 Å². The molecule has 1 aromatic carbocycles. The SMILES string of the molecule is CCn1ncnc1COc1ccccc1C(C)NC. The van der Waals surface area contributed by atoms with Crippen LogP contribution in [0.3, 0.4) is 0 Å². The highest BCUT2D eigenvalue weighted by Crippen LogP contribution is 2.25. The van der Waals surface area contributed by atoms with Crippen molar-refractivity contribution in [3.63, 3.8) is 0 Å². The van der Waals surface area contributed by atoms with E-state index in [-0.39, 0.29) is 6.04 Å². The summed E-state index contributed by atoms with van der Waals surface area (Å²) < 4.78 is 7.72. The van der Waals surface area contributed by atoms with E-state index in [1.54, 1.807) is 6.33 Å². The molecule has 0 aliphatic heterocycles. The Morgan fingerprint density at radius 1 is 1.37 bits per heavy atom. The molecule has 0 amide bonds. The molecule has 1 heterocycles. The maximum Gasteiger partial charge on any atom is 0.164 e. The summed E-state index contributed by atoms with van der Waals surface area (Å²) in [5.41, 5.74) is 1.15. The van der Waals surface area contributed by atoms with Crippen LogP contribution >= 0.6 is 0 Å². The minimum Gasteiger partial charge on any atom is -0.485 e. The van der Waals surface area contributed by atoms with Crippen LogP contribution in [-0.4, -0.2) is 21.8 Å². The fourth-order valence-electron chi connectivity index (χ4n) is 1.93. The zero-order chi connectivity index (χ0) is 13.7. The molecule has 0 aliphatic carbocycles. The standard InChI is InChI=1S/C14H20N4O/c1-4-18-14(16-10-17-18)9-19-13-8-6-5-7-12(13)11(2)15-3/h5-8,10-11,15H,4,9H2,1-3H3. The molecule has 1 atom stereocenters. The fourth-order valence-corrected chi connectivity index (χ4v) is 1.93. The zero-order valence-corrected chi connectivity index (χ0v) is 11.6. The first kappa shape index (κ1) is 13.5. The molecule has 5 heteroatoms. The van der Waals surface area contributed by atoms with Gasteiger partial charge in [0.15, 0.2) is 5.82 Å². The third-order valence-corrected chi connectivity index (χ3v) is 3.17. The number of aromatic nitrogens is 3. The molecule has 102 valence electrons. The van der Waals surface area contributed by atoms with Gasteiger partial charge >= 0.3 is 0 Å². The van der Waals surface area contributed by atoms with Gasteiger partial charge in [-0.3, -0.25) is 0 Å². The topological polar surface area (TPSA) is 52.0 Å². The van der Waals surface area contributed by atoms with E-state index in [1.165, 1.54) is 0 Å². The molecule has 0 saturated heterocycles. The predicted molar refractivity (Wildman–Crippen MR) is 73.9 cm³/mol. The van der Waals surface area contributed by atoms with E-state index in [2.05, 4.69) is 28.4 Å². The number of nitrogens with one attached hydrogen (secondary N) is 1. The van der Waals surface area contributed by atoms with Crippen molar-refractivity contribution >= 4 is 0 Å². The van der Waals surface area contributed by atoms with Crippen molar-refractivity contribution in [2.75, 3.05) is 7.05 Å². The molecule has 19 heavy (non-hydrogen) atoms. The van der Waals surface area contributed by atoms with Crippen LogP contribution in [0.25, 0.3) is 0 Å². The normalized spacial score (nSPS) is 12.4. The summed E-state index contributed by atoms with van der Waals surface area (Å²) in [4.78, 5) is 4.21. The van der Waals surface area contributed by atoms with Crippen LogP contribution in [0.2, 0.25) is 0 Å². The van der Waals surface area contributed by atoms with Crippen LogP contribution in [0.1, 0.15) is 31.3 Å².